The average Bonchev–Trinajstić information content (AvgIpc) is 3.30. The fourth-order valence-electron chi connectivity index (χ4n) is 8.43. The van der Waals surface area contributed by atoms with Crippen molar-refractivity contribution in [1.82, 2.24) is 0 Å². The number of carbonyl (C=O) groups excluding carboxylic acids is 1. The molecule has 11 heteroatoms. The largest absolute Gasteiger partial charge is 0.480 e. The highest BCUT2D eigenvalue weighted by Crippen LogP contribution is 2.43. The zero-order valence-corrected chi connectivity index (χ0v) is 44.2. The van der Waals surface area contributed by atoms with E-state index in [9.17, 15) is 19.0 Å². The van der Waals surface area contributed by atoms with E-state index in [1.54, 1.807) is 0 Å². The Hall–Kier alpha value is -1.29. The van der Waals surface area contributed by atoms with Crippen LogP contribution in [0.25, 0.3) is 0 Å². The van der Waals surface area contributed by atoms with Crippen molar-refractivity contribution >= 4 is 19.8 Å². The summed E-state index contributed by atoms with van der Waals surface area (Å²) in [4.78, 5) is 33.8. The van der Waals surface area contributed by atoms with Gasteiger partial charge in [0, 0.05) is 13.0 Å². The van der Waals surface area contributed by atoms with Crippen LogP contribution in [0.15, 0.2) is 12.2 Å². The summed E-state index contributed by atoms with van der Waals surface area (Å²) < 4.78 is 33.6. The fraction of sp³-hybridized carbons (Fsp3) is 0.927. The summed E-state index contributed by atoms with van der Waals surface area (Å²) in [5.41, 5.74) is 5.39. The van der Waals surface area contributed by atoms with Gasteiger partial charge in [0.25, 0.3) is 0 Å². The molecule has 0 spiro atoms. The van der Waals surface area contributed by atoms with E-state index >= 15 is 0 Å². The monoisotopic (exact) mass is 958 g/mol. The van der Waals surface area contributed by atoms with Crippen LogP contribution >= 0.6 is 7.82 Å². The number of phosphoric acid groups is 1. The number of hydrogen-bond donors (Lipinski definition) is 3. The Morgan fingerprint density at radius 2 is 0.788 bits per heavy atom. The maximum absolute atomic E-state index is 12.7. The van der Waals surface area contributed by atoms with Crippen LogP contribution in [0, 0.1) is 0 Å². The van der Waals surface area contributed by atoms with Crippen molar-refractivity contribution in [2.45, 2.75) is 302 Å². The Kier molecular flexibility index (Phi) is 50.5. The van der Waals surface area contributed by atoms with Gasteiger partial charge in [0.15, 0.2) is 0 Å². The standard InChI is InChI=1S/C55H108NO9P/c1-3-5-7-9-11-13-15-17-19-21-23-25-27-29-31-33-35-37-39-41-43-45-47-54(57)65-52(50-63-66(60,61)64-51-53(56)55(58)59)49-62-48-46-44-42-40-38-36-34-32-30-28-26-24-22-20-18-16-14-12-10-8-6-4-2/h22,24,52-53H,3-21,23,25-51,56H2,1-2H3,(H,58,59)(H,60,61)/b24-22-. The van der Waals surface area contributed by atoms with Crippen molar-refractivity contribution in [3.05, 3.63) is 12.2 Å². The summed E-state index contributed by atoms with van der Waals surface area (Å²) in [6, 6.07) is -1.47. The van der Waals surface area contributed by atoms with Crippen molar-refractivity contribution < 1.29 is 42.7 Å². The number of ether oxygens (including phenoxy) is 2. The second kappa shape index (κ2) is 51.6. The SMILES string of the molecule is CCCCCCCCCC/C=C\CCCCCCCCCCCCOCC(COP(=O)(O)OCC(N)C(=O)O)OC(=O)CCCCCCCCCCCCCCCCCCCCCCCC. The molecule has 0 heterocycles. The highest BCUT2D eigenvalue weighted by Gasteiger charge is 2.27. The molecule has 392 valence electrons. The van der Waals surface area contributed by atoms with Gasteiger partial charge in [-0.1, -0.05) is 257 Å². The maximum atomic E-state index is 12.7. The van der Waals surface area contributed by atoms with E-state index in [4.69, 9.17) is 29.4 Å². The number of aliphatic carboxylic acids is 1. The molecule has 0 aliphatic carbocycles. The first-order valence-electron chi connectivity index (χ1n) is 28.2. The minimum absolute atomic E-state index is 0.0226. The zero-order chi connectivity index (χ0) is 48.3. The van der Waals surface area contributed by atoms with Crippen LogP contribution in [-0.4, -0.2) is 60.5 Å². The summed E-state index contributed by atoms with van der Waals surface area (Å²) in [7, 11) is -4.62. The molecule has 0 fully saturated rings. The lowest BCUT2D eigenvalue weighted by Gasteiger charge is -2.20. The fourth-order valence-corrected chi connectivity index (χ4v) is 9.20. The Labute approximate surface area is 407 Å². The van der Waals surface area contributed by atoms with E-state index in [1.807, 2.05) is 0 Å². The molecule has 0 amide bonds. The first-order chi connectivity index (χ1) is 32.2. The highest BCUT2D eigenvalue weighted by atomic mass is 31.2. The molecule has 0 saturated carbocycles. The van der Waals surface area contributed by atoms with Crippen molar-refractivity contribution in [3.63, 3.8) is 0 Å². The lowest BCUT2D eigenvalue weighted by Crippen LogP contribution is -2.34. The lowest BCUT2D eigenvalue weighted by molar-refractivity contribution is -0.154. The second-order valence-electron chi connectivity index (χ2n) is 19.4. The van der Waals surface area contributed by atoms with Crippen molar-refractivity contribution in [2.75, 3.05) is 26.4 Å². The predicted octanol–water partition coefficient (Wildman–Crippen LogP) is 16.8. The zero-order valence-electron chi connectivity index (χ0n) is 43.3. The van der Waals surface area contributed by atoms with E-state index < -0.39 is 45.1 Å². The molecule has 0 aromatic rings. The Morgan fingerprint density at radius 3 is 1.15 bits per heavy atom. The number of carboxylic acid groups (broad SMARTS) is 1. The van der Waals surface area contributed by atoms with Crippen LogP contribution in [0.1, 0.15) is 290 Å². The normalized spacial score (nSPS) is 13.6. The number of hydrogen-bond acceptors (Lipinski definition) is 8. The predicted molar refractivity (Wildman–Crippen MR) is 277 cm³/mol. The molecule has 0 bridgehead atoms. The first-order valence-corrected chi connectivity index (χ1v) is 29.7. The molecular formula is C55H108NO9P. The Bertz CT molecular complexity index is 1110. The Balaban J connectivity index is 4.04. The maximum Gasteiger partial charge on any atom is 0.472 e. The molecule has 0 aromatic heterocycles. The first kappa shape index (κ1) is 64.7. The Morgan fingerprint density at radius 1 is 0.470 bits per heavy atom. The number of nitrogens with two attached hydrogens (primary N) is 1. The quantitative estimate of drug-likeness (QED) is 0.0232. The molecule has 66 heavy (non-hydrogen) atoms. The van der Waals surface area contributed by atoms with Crippen LogP contribution in [0.3, 0.4) is 0 Å². The molecule has 3 atom stereocenters. The molecule has 0 aliphatic heterocycles. The van der Waals surface area contributed by atoms with E-state index in [0.29, 0.717) is 6.61 Å². The molecular weight excluding hydrogens is 850 g/mol. The number of phosphoric ester groups is 1. The van der Waals surface area contributed by atoms with Gasteiger partial charge in [-0.3, -0.25) is 18.6 Å². The van der Waals surface area contributed by atoms with Crippen LogP contribution in [-0.2, 0) is 32.7 Å². The van der Waals surface area contributed by atoms with Gasteiger partial charge in [-0.15, -0.1) is 0 Å². The van der Waals surface area contributed by atoms with Crippen molar-refractivity contribution in [3.8, 4) is 0 Å². The minimum Gasteiger partial charge on any atom is -0.480 e. The number of unbranched alkanes of at least 4 members (excludes halogenated alkanes) is 39. The third kappa shape index (κ3) is 50.6. The summed E-state index contributed by atoms with van der Waals surface area (Å²) in [5, 5.41) is 8.95. The van der Waals surface area contributed by atoms with Gasteiger partial charge in [-0.2, -0.15) is 0 Å². The molecule has 0 radical (unpaired) electrons. The molecule has 0 rings (SSSR count). The van der Waals surface area contributed by atoms with Gasteiger partial charge in [-0.05, 0) is 38.5 Å². The summed E-state index contributed by atoms with van der Waals surface area (Å²) in [6.45, 7) is 3.95. The number of esters is 1. The van der Waals surface area contributed by atoms with E-state index in [0.717, 1.165) is 38.5 Å². The number of carbonyl (C=O) groups is 2. The topological polar surface area (TPSA) is 155 Å². The third-order valence-electron chi connectivity index (χ3n) is 12.8. The van der Waals surface area contributed by atoms with Crippen molar-refractivity contribution in [1.29, 1.82) is 0 Å². The lowest BCUT2D eigenvalue weighted by atomic mass is 10.0. The summed E-state index contributed by atoms with van der Waals surface area (Å²) >= 11 is 0. The molecule has 0 saturated heterocycles. The summed E-state index contributed by atoms with van der Waals surface area (Å²) in [6.07, 6.45) is 58.5. The third-order valence-corrected chi connectivity index (χ3v) is 13.7. The van der Waals surface area contributed by atoms with Crippen LogP contribution < -0.4 is 5.73 Å². The van der Waals surface area contributed by atoms with Crippen LogP contribution in [0.5, 0.6) is 0 Å². The molecule has 0 aliphatic rings. The molecule has 10 nitrogen and oxygen atoms in total. The smallest absolute Gasteiger partial charge is 0.472 e. The number of carboxylic acids is 1. The van der Waals surface area contributed by atoms with Gasteiger partial charge in [0.2, 0.25) is 0 Å². The number of allylic oxidation sites excluding steroid dienone is 2. The van der Waals surface area contributed by atoms with E-state index in [-0.39, 0.29) is 13.0 Å². The van der Waals surface area contributed by atoms with Gasteiger partial charge in [-0.25, -0.2) is 4.57 Å². The second-order valence-corrected chi connectivity index (χ2v) is 20.9. The molecule has 4 N–H and O–H groups in total. The van der Waals surface area contributed by atoms with Gasteiger partial charge < -0.3 is 25.2 Å². The van der Waals surface area contributed by atoms with Crippen molar-refractivity contribution in [2.24, 2.45) is 5.73 Å². The highest BCUT2D eigenvalue weighted by molar-refractivity contribution is 7.47. The van der Waals surface area contributed by atoms with Crippen LogP contribution in [0.2, 0.25) is 0 Å². The van der Waals surface area contributed by atoms with Gasteiger partial charge in [0.1, 0.15) is 12.1 Å². The molecule has 0 aromatic carbocycles. The number of rotatable bonds is 55. The average molecular weight is 958 g/mol. The summed E-state index contributed by atoms with van der Waals surface area (Å²) in [5.74, 6) is -1.76. The van der Waals surface area contributed by atoms with E-state index in [1.165, 1.54) is 231 Å². The van der Waals surface area contributed by atoms with Crippen LogP contribution in [0.4, 0.5) is 0 Å². The van der Waals surface area contributed by atoms with Gasteiger partial charge >= 0.3 is 19.8 Å². The minimum atomic E-state index is -4.62. The van der Waals surface area contributed by atoms with Gasteiger partial charge in [0.05, 0.1) is 19.8 Å². The van der Waals surface area contributed by atoms with E-state index in [2.05, 4.69) is 26.0 Å². The molecule has 3 unspecified atom stereocenters.